The van der Waals surface area contributed by atoms with E-state index in [1.54, 1.807) is 0 Å². The van der Waals surface area contributed by atoms with Gasteiger partial charge in [-0.25, -0.2) is 0 Å². The maximum atomic E-state index is 5.93. The largest absolute Gasteiger partial charge is 0.302 e. The van der Waals surface area contributed by atoms with Crippen LogP contribution in [0, 0.1) is 0 Å². The molecule has 1 aliphatic rings. The minimum atomic E-state index is 0.154. The highest BCUT2D eigenvalue weighted by Crippen LogP contribution is 2.43. The summed E-state index contributed by atoms with van der Waals surface area (Å²) in [5.74, 6) is 5.93. The minimum absolute atomic E-state index is 0.154. The van der Waals surface area contributed by atoms with Crippen molar-refractivity contribution in [2.75, 3.05) is 14.1 Å². The summed E-state index contributed by atoms with van der Waals surface area (Å²) in [6.07, 6.45) is 7.37. The molecule has 0 saturated heterocycles. The Labute approximate surface area is 123 Å². The molecule has 0 amide bonds. The Morgan fingerprint density at radius 1 is 1.20 bits per heavy atom. The third-order valence-corrected chi connectivity index (χ3v) is 4.92. The van der Waals surface area contributed by atoms with Crippen LogP contribution >= 0.6 is 0 Å². The van der Waals surface area contributed by atoms with E-state index in [4.69, 9.17) is 5.84 Å². The van der Waals surface area contributed by atoms with E-state index in [0.29, 0.717) is 0 Å². The molecule has 20 heavy (non-hydrogen) atoms. The number of hydrazine groups is 1. The first-order valence-electron chi connectivity index (χ1n) is 7.86. The van der Waals surface area contributed by atoms with Crippen LogP contribution in [0.1, 0.15) is 56.2 Å². The van der Waals surface area contributed by atoms with Gasteiger partial charge in [0.1, 0.15) is 0 Å². The average Bonchev–Trinajstić information content (AvgIpc) is 2.93. The highest BCUT2D eigenvalue weighted by molar-refractivity contribution is 5.28. The highest BCUT2D eigenvalue weighted by atomic mass is 15.3. The van der Waals surface area contributed by atoms with E-state index in [1.165, 1.54) is 43.2 Å². The van der Waals surface area contributed by atoms with Gasteiger partial charge >= 0.3 is 0 Å². The number of nitrogens with one attached hydrogen (secondary N) is 1. The lowest BCUT2D eigenvalue weighted by molar-refractivity contribution is 0.105. The van der Waals surface area contributed by atoms with Crippen molar-refractivity contribution < 1.29 is 0 Å². The van der Waals surface area contributed by atoms with Crippen LogP contribution in [-0.4, -0.2) is 24.5 Å². The predicted octanol–water partition coefficient (Wildman–Crippen LogP) is 3.02. The number of likely N-dealkylation sites (N-methyl/N-ethyl adjacent to an activating group) is 1. The fourth-order valence-electron chi connectivity index (χ4n) is 3.71. The van der Waals surface area contributed by atoms with Gasteiger partial charge in [-0.2, -0.15) is 0 Å². The van der Waals surface area contributed by atoms with E-state index in [1.807, 2.05) is 0 Å². The van der Waals surface area contributed by atoms with Gasteiger partial charge in [-0.15, -0.1) is 0 Å². The van der Waals surface area contributed by atoms with Crippen LogP contribution < -0.4 is 11.3 Å². The van der Waals surface area contributed by atoms with Gasteiger partial charge in [0.05, 0.1) is 6.04 Å². The van der Waals surface area contributed by atoms with E-state index in [9.17, 15) is 0 Å². The van der Waals surface area contributed by atoms with Crippen molar-refractivity contribution in [3.63, 3.8) is 0 Å². The first-order chi connectivity index (χ1) is 9.64. The van der Waals surface area contributed by atoms with Gasteiger partial charge in [0.2, 0.25) is 0 Å². The zero-order valence-electron chi connectivity index (χ0n) is 13.2. The summed E-state index contributed by atoms with van der Waals surface area (Å²) in [4.78, 5) is 2.37. The molecule has 3 N–H and O–H groups in total. The fraction of sp³-hybridized carbons (Fsp3) is 0.647. The van der Waals surface area contributed by atoms with Gasteiger partial charge in [0.25, 0.3) is 0 Å². The standard InChI is InChI=1S/C17H29N3/c1-4-7-14-8-10-15(11-9-14)16(19-18)17(20(2)3)12-5-6-13-17/h8-11,16,19H,4-7,12-13,18H2,1-3H3. The topological polar surface area (TPSA) is 41.3 Å². The maximum Gasteiger partial charge on any atom is 0.0643 e. The second-order valence-electron chi connectivity index (χ2n) is 6.30. The van der Waals surface area contributed by atoms with Crippen molar-refractivity contribution in [2.24, 2.45) is 5.84 Å². The predicted molar refractivity (Wildman–Crippen MR) is 85.4 cm³/mol. The summed E-state index contributed by atoms with van der Waals surface area (Å²) in [5, 5.41) is 0. The molecule has 1 aromatic rings. The number of hydrogen-bond donors (Lipinski definition) is 2. The van der Waals surface area contributed by atoms with Crippen LogP contribution in [0.15, 0.2) is 24.3 Å². The third kappa shape index (κ3) is 2.90. The molecule has 1 atom stereocenters. The normalized spacial score (nSPS) is 19.4. The van der Waals surface area contributed by atoms with Crippen LogP contribution in [0.25, 0.3) is 0 Å². The molecule has 1 aromatic carbocycles. The summed E-state index contributed by atoms with van der Waals surface area (Å²) < 4.78 is 0. The molecule has 1 unspecified atom stereocenters. The van der Waals surface area contributed by atoms with E-state index >= 15 is 0 Å². The summed E-state index contributed by atoms with van der Waals surface area (Å²) in [5.41, 5.74) is 5.97. The second-order valence-corrected chi connectivity index (χ2v) is 6.30. The minimum Gasteiger partial charge on any atom is -0.302 e. The quantitative estimate of drug-likeness (QED) is 0.619. The Balaban J connectivity index is 2.26. The van der Waals surface area contributed by atoms with Crippen molar-refractivity contribution in [1.82, 2.24) is 10.3 Å². The van der Waals surface area contributed by atoms with E-state index in [0.717, 1.165) is 6.42 Å². The Bertz CT molecular complexity index is 405. The molecule has 0 aromatic heterocycles. The van der Waals surface area contributed by atoms with Crippen molar-refractivity contribution in [1.29, 1.82) is 0 Å². The highest BCUT2D eigenvalue weighted by Gasteiger charge is 2.43. The summed E-state index contributed by atoms with van der Waals surface area (Å²) >= 11 is 0. The molecule has 1 saturated carbocycles. The number of nitrogens with two attached hydrogens (primary N) is 1. The summed E-state index contributed by atoms with van der Waals surface area (Å²) in [6.45, 7) is 2.22. The van der Waals surface area contributed by atoms with E-state index in [-0.39, 0.29) is 11.6 Å². The van der Waals surface area contributed by atoms with E-state index < -0.39 is 0 Å². The Kier molecular flexibility index (Phi) is 5.19. The van der Waals surface area contributed by atoms with Gasteiger partial charge < -0.3 is 4.90 Å². The van der Waals surface area contributed by atoms with Crippen LogP contribution in [0.4, 0.5) is 0 Å². The number of hydrogen-bond acceptors (Lipinski definition) is 3. The average molecular weight is 275 g/mol. The lowest BCUT2D eigenvalue weighted by Crippen LogP contribution is -2.53. The van der Waals surface area contributed by atoms with Gasteiger partial charge in [-0.05, 0) is 44.5 Å². The smallest absolute Gasteiger partial charge is 0.0643 e. The maximum absolute atomic E-state index is 5.93. The zero-order valence-corrected chi connectivity index (χ0v) is 13.2. The van der Waals surface area contributed by atoms with Crippen molar-refractivity contribution in [2.45, 2.75) is 57.0 Å². The molecule has 0 heterocycles. The molecule has 3 nitrogen and oxygen atoms in total. The van der Waals surface area contributed by atoms with Crippen LogP contribution in [0.2, 0.25) is 0 Å². The number of nitrogens with zero attached hydrogens (tertiary/aromatic N) is 1. The number of rotatable bonds is 6. The monoisotopic (exact) mass is 275 g/mol. The first-order valence-corrected chi connectivity index (χ1v) is 7.86. The molecular weight excluding hydrogens is 246 g/mol. The molecule has 0 spiro atoms. The molecule has 3 heteroatoms. The Hall–Kier alpha value is -0.900. The van der Waals surface area contributed by atoms with Crippen LogP contribution in [0.5, 0.6) is 0 Å². The summed E-state index contributed by atoms with van der Waals surface area (Å²) in [6, 6.07) is 9.21. The van der Waals surface area contributed by atoms with Gasteiger partial charge in [-0.1, -0.05) is 50.5 Å². The van der Waals surface area contributed by atoms with Gasteiger partial charge in [0.15, 0.2) is 0 Å². The lowest BCUT2D eigenvalue weighted by atomic mass is 9.82. The SMILES string of the molecule is CCCc1ccc(C(NN)C2(N(C)C)CCCC2)cc1. The Morgan fingerprint density at radius 2 is 1.80 bits per heavy atom. The molecule has 112 valence electrons. The van der Waals surface area contributed by atoms with E-state index in [2.05, 4.69) is 55.6 Å². The Morgan fingerprint density at radius 3 is 2.25 bits per heavy atom. The molecule has 1 fully saturated rings. The molecular formula is C17H29N3. The van der Waals surface area contributed by atoms with Crippen molar-refractivity contribution >= 4 is 0 Å². The third-order valence-electron chi connectivity index (χ3n) is 4.92. The molecule has 0 bridgehead atoms. The van der Waals surface area contributed by atoms with Crippen molar-refractivity contribution in [3.8, 4) is 0 Å². The van der Waals surface area contributed by atoms with Crippen LogP contribution in [-0.2, 0) is 6.42 Å². The zero-order chi connectivity index (χ0) is 14.6. The molecule has 1 aliphatic carbocycles. The number of aryl methyl sites for hydroxylation is 1. The molecule has 0 aliphatic heterocycles. The molecule has 2 rings (SSSR count). The van der Waals surface area contributed by atoms with Crippen molar-refractivity contribution in [3.05, 3.63) is 35.4 Å². The van der Waals surface area contributed by atoms with Gasteiger partial charge in [-0.3, -0.25) is 11.3 Å². The second kappa shape index (κ2) is 6.70. The molecule has 0 radical (unpaired) electrons. The van der Waals surface area contributed by atoms with Gasteiger partial charge in [0, 0.05) is 5.54 Å². The number of benzene rings is 1. The fourth-order valence-corrected chi connectivity index (χ4v) is 3.71. The first kappa shape index (κ1) is 15.5. The lowest BCUT2D eigenvalue weighted by Gasteiger charge is -2.43. The van der Waals surface area contributed by atoms with Crippen LogP contribution in [0.3, 0.4) is 0 Å². The summed E-state index contributed by atoms with van der Waals surface area (Å²) in [7, 11) is 4.36.